The molecule has 1 aromatic carbocycles. The van der Waals surface area contributed by atoms with Gasteiger partial charge in [0.1, 0.15) is 0 Å². The van der Waals surface area contributed by atoms with E-state index in [0.29, 0.717) is 11.4 Å². The Hall–Kier alpha value is -0.910. The Labute approximate surface area is 198 Å². The Bertz CT molecular complexity index is 761. The van der Waals surface area contributed by atoms with Crippen molar-refractivity contribution in [3.05, 3.63) is 29.8 Å². The number of aliphatic hydroxyl groups is 1. The van der Waals surface area contributed by atoms with E-state index in [1.165, 1.54) is 0 Å². The number of nitrogens with one attached hydrogen (secondary N) is 3. The van der Waals surface area contributed by atoms with Crippen LogP contribution in [0.25, 0.3) is 0 Å². The molecule has 0 atom stereocenters. The summed E-state index contributed by atoms with van der Waals surface area (Å²) in [5, 5.41) is 16.1. The molecule has 9 heteroatoms. The van der Waals surface area contributed by atoms with E-state index in [9.17, 15) is 13.5 Å². The van der Waals surface area contributed by atoms with E-state index in [1.54, 1.807) is 12.1 Å². The lowest BCUT2D eigenvalue weighted by atomic mass is 9.79. The second kappa shape index (κ2) is 12.8. The lowest BCUT2D eigenvalue weighted by molar-refractivity contribution is 0.169. The summed E-state index contributed by atoms with van der Waals surface area (Å²) >= 11 is 0. The summed E-state index contributed by atoms with van der Waals surface area (Å²) in [5.74, 6) is 0.726. The van der Waals surface area contributed by atoms with E-state index >= 15 is 0 Å². The summed E-state index contributed by atoms with van der Waals surface area (Å²) < 4.78 is 27.2. The lowest BCUT2D eigenvalue weighted by Gasteiger charge is -2.32. The first-order valence-electron chi connectivity index (χ1n) is 10.6. The average molecular weight is 553 g/mol. The van der Waals surface area contributed by atoms with Crippen molar-refractivity contribution in [1.29, 1.82) is 0 Å². The molecule has 0 heterocycles. The van der Waals surface area contributed by atoms with Crippen molar-refractivity contribution in [1.82, 2.24) is 15.4 Å². The molecule has 0 unspecified atom stereocenters. The molecule has 0 aliphatic heterocycles. The van der Waals surface area contributed by atoms with Crippen molar-refractivity contribution >= 4 is 40.0 Å². The molecule has 0 radical (unpaired) electrons. The monoisotopic (exact) mass is 552 g/mol. The van der Waals surface area contributed by atoms with Gasteiger partial charge >= 0.3 is 0 Å². The number of guanidine groups is 1. The van der Waals surface area contributed by atoms with Crippen molar-refractivity contribution in [2.75, 3.05) is 19.7 Å². The van der Waals surface area contributed by atoms with Crippen LogP contribution in [0.5, 0.6) is 0 Å². The number of benzene rings is 1. The molecule has 172 valence electrons. The zero-order valence-electron chi connectivity index (χ0n) is 18.3. The molecule has 30 heavy (non-hydrogen) atoms. The summed E-state index contributed by atoms with van der Waals surface area (Å²) in [5.41, 5.74) is 0.996. The van der Waals surface area contributed by atoms with Gasteiger partial charge in [-0.25, -0.2) is 18.1 Å². The van der Waals surface area contributed by atoms with Gasteiger partial charge < -0.3 is 15.7 Å². The van der Waals surface area contributed by atoms with Crippen LogP contribution in [0.15, 0.2) is 34.2 Å². The number of halogens is 1. The van der Waals surface area contributed by atoms with Gasteiger partial charge in [0, 0.05) is 25.7 Å². The summed E-state index contributed by atoms with van der Waals surface area (Å²) in [6.45, 7) is 8.46. The van der Waals surface area contributed by atoms with Crippen molar-refractivity contribution < 1.29 is 13.5 Å². The Morgan fingerprint density at radius 1 is 1.13 bits per heavy atom. The van der Waals surface area contributed by atoms with Gasteiger partial charge in [-0.05, 0) is 62.1 Å². The summed E-state index contributed by atoms with van der Waals surface area (Å²) in [7, 11) is -3.42. The number of sulfonamides is 1. The normalized spacial score (nSPS) is 14.9. The fraction of sp³-hybridized carbons (Fsp3) is 0.667. The molecule has 7 nitrogen and oxygen atoms in total. The second-order valence-electron chi connectivity index (χ2n) is 7.77. The minimum absolute atomic E-state index is 0. The van der Waals surface area contributed by atoms with Crippen LogP contribution < -0.4 is 15.4 Å². The molecule has 1 aliphatic carbocycles. The first-order chi connectivity index (χ1) is 13.9. The number of rotatable bonds is 12. The Balaban J connectivity index is 0.00000450. The van der Waals surface area contributed by atoms with Gasteiger partial charge in [-0.3, -0.25) is 0 Å². The fourth-order valence-corrected chi connectivity index (χ4v) is 4.53. The SMILES string of the molecule is CCNC(=NCc1ccc(S(=O)(=O)NC2CC2)cc1)NCC(CC)(CC)CCO.I. The van der Waals surface area contributed by atoms with Crippen LogP contribution >= 0.6 is 24.0 Å². The number of aliphatic hydroxyl groups excluding tert-OH is 1. The van der Waals surface area contributed by atoms with Crippen LogP contribution in [-0.4, -0.2) is 45.2 Å². The summed E-state index contributed by atoms with van der Waals surface area (Å²) in [4.78, 5) is 4.93. The van der Waals surface area contributed by atoms with Gasteiger partial charge in [0.2, 0.25) is 10.0 Å². The van der Waals surface area contributed by atoms with Crippen LogP contribution in [0.2, 0.25) is 0 Å². The van der Waals surface area contributed by atoms with Gasteiger partial charge in [-0.15, -0.1) is 24.0 Å². The molecular formula is C21H37IN4O3S. The van der Waals surface area contributed by atoms with E-state index in [1.807, 2.05) is 19.1 Å². The number of nitrogens with zero attached hydrogens (tertiary/aromatic N) is 1. The first-order valence-corrected chi connectivity index (χ1v) is 12.1. The molecule has 0 amide bonds. The third kappa shape index (κ3) is 8.32. The van der Waals surface area contributed by atoms with Crippen molar-refractivity contribution in [2.24, 2.45) is 10.4 Å². The van der Waals surface area contributed by atoms with E-state index in [2.05, 4.69) is 34.2 Å². The van der Waals surface area contributed by atoms with Gasteiger partial charge in [0.25, 0.3) is 0 Å². The second-order valence-corrected chi connectivity index (χ2v) is 9.48. The van der Waals surface area contributed by atoms with Crippen molar-refractivity contribution in [3.8, 4) is 0 Å². The van der Waals surface area contributed by atoms with Crippen LogP contribution in [0, 0.1) is 5.41 Å². The lowest BCUT2D eigenvalue weighted by Crippen LogP contribution is -2.43. The Kier molecular flexibility index (Phi) is 11.6. The topological polar surface area (TPSA) is 103 Å². The maximum absolute atomic E-state index is 12.3. The van der Waals surface area contributed by atoms with Gasteiger partial charge in [-0.1, -0.05) is 26.0 Å². The molecule has 2 rings (SSSR count). The number of hydrogen-bond donors (Lipinski definition) is 4. The molecule has 0 spiro atoms. The van der Waals surface area contributed by atoms with E-state index in [4.69, 9.17) is 0 Å². The third-order valence-corrected chi connectivity index (χ3v) is 7.21. The highest BCUT2D eigenvalue weighted by Crippen LogP contribution is 2.29. The predicted molar refractivity (Wildman–Crippen MR) is 133 cm³/mol. The van der Waals surface area contributed by atoms with Gasteiger partial charge in [0.05, 0.1) is 11.4 Å². The molecular weight excluding hydrogens is 515 g/mol. The predicted octanol–water partition coefficient (Wildman–Crippen LogP) is 2.99. The molecule has 1 saturated carbocycles. The zero-order valence-corrected chi connectivity index (χ0v) is 21.4. The van der Waals surface area contributed by atoms with Crippen molar-refractivity contribution in [3.63, 3.8) is 0 Å². The van der Waals surface area contributed by atoms with Gasteiger partial charge in [-0.2, -0.15) is 0 Å². The molecule has 0 bridgehead atoms. The van der Waals surface area contributed by atoms with Crippen LogP contribution in [0.3, 0.4) is 0 Å². The van der Waals surface area contributed by atoms with E-state index in [-0.39, 0.29) is 42.0 Å². The van der Waals surface area contributed by atoms with Gasteiger partial charge in [0.15, 0.2) is 5.96 Å². The standard InChI is InChI=1S/C21H36N4O3S.HI/c1-4-21(5-2,13-14-26)16-24-20(22-6-3)23-15-17-7-11-19(12-8-17)29(27,28)25-18-9-10-18;/h7-8,11-12,18,25-26H,4-6,9-10,13-16H2,1-3H3,(H2,22,23,24);1H. The largest absolute Gasteiger partial charge is 0.396 e. The number of hydrogen-bond acceptors (Lipinski definition) is 4. The zero-order chi connectivity index (χ0) is 21.3. The minimum atomic E-state index is -3.42. The maximum Gasteiger partial charge on any atom is 0.240 e. The fourth-order valence-electron chi connectivity index (χ4n) is 3.23. The molecule has 0 aromatic heterocycles. The Morgan fingerprint density at radius 3 is 2.27 bits per heavy atom. The molecule has 1 aliphatic rings. The summed E-state index contributed by atoms with van der Waals surface area (Å²) in [6, 6.07) is 6.99. The number of aliphatic imine (C=N–C) groups is 1. The van der Waals surface area contributed by atoms with Crippen LogP contribution in [0.4, 0.5) is 0 Å². The molecule has 1 fully saturated rings. The summed E-state index contributed by atoms with van der Waals surface area (Å²) in [6.07, 6.45) is 4.57. The highest BCUT2D eigenvalue weighted by Gasteiger charge is 2.28. The minimum Gasteiger partial charge on any atom is -0.396 e. The average Bonchev–Trinajstić information content (AvgIpc) is 3.52. The maximum atomic E-state index is 12.3. The smallest absolute Gasteiger partial charge is 0.240 e. The molecule has 0 saturated heterocycles. The highest BCUT2D eigenvalue weighted by molar-refractivity contribution is 14.0. The first kappa shape index (κ1) is 27.1. The van der Waals surface area contributed by atoms with E-state index < -0.39 is 10.0 Å². The van der Waals surface area contributed by atoms with Crippen LogP contribution in [-0.2, 0) is 16.6 Å². The quantitative estimate of drug-likeness (QED) is 0.182. The van der Waals surface area contributed by atoms with Crippen LogP contribution in [0.1, 0.15) is 58.4 Å². The Morgan fingerprint density at radius 2 is 1.77 bits per heavy atom. The highest BCUT2D eigenvalue weighted by atomic mass is 127. The van der Waals surface area contributed by atoms with E-state index in [0.717, 1.165) is 56.7 Å². The van der Waals surface area contributed by atoms with Crippen molar-refractivity contribution in [2.45, 2.75) is 70.4 Å². The molecule has 4 N–H and O–H groups in total. The third-order valence-electron chi connectivity index (χ3n) is 5.67. The molecule has 1 aromatic rings.